The number of amides is 3. The number of anilines is 9. The number of benzene rings is 4. The minimum absolute atomic E-state index is 0.00994. The fourth-order valence-electron chi connectivity index (χ4n) is 14.0. The van der Waals surface area contributed by atoms with Crippen LogP contribution in [0.4, 0.5) is 78.2 Å². The molecule has 0 bridgehead atoms. The van der Waals surface area contributed by atoms with E-state index in [0.29, 0.717) is 34.4 Å². The fraction of sp³-hybridized carbons (Fsp3) is 0.329. The van der Waals surface area contributed by atoms with Gasteiger partial charge in [0.25, 0.3) is 17.7 Å². The van der Waals surface area contributed by atoms with Crippen molar-refractivity contribution < 1.29 is 54.9 Å². The first-order valence-electron chi connectivity index (χ1n) is 38.8. The first-order valence-corrected chi connectivity index (χ1v) is 38.8. The van der Waals surface area contributed by atoms with Gasteiger partial charge in [-0.2, -0.15) is 0 Å². The third-order valence-corrected chi connectivity index (χ3v) is 20.8. The summed E-state index contributed by atoms with van der Waals surface area (Å²) in [4.78, 5) is 93.8. The largest absolute Gasteiger partial charge is 0.435 e. The monoisotopic (exact) mass is 1600 g/mol. The number of fused-ring (bicyclic) bond motifs is 3. The molecule has 117 heavy (non-hydrogen) atoms. The molecule has 6 aliphatic rings. The van der Waals surface area contributed by atoms with Crippen LogP contribution >= 0.6 is 0 Å². The van der Waals surface area contributed by atoms with Gasteiger partial charge < -0.3 is 90.9 Å². The molecule has 0 unspecified atom stereocenters. The number of nitrogens with zero attached hydrogens (tertiary/aromatic N) is 13. The fourth-order valence-corrected chi connectivity index (χ4v) is 14.0. The lowest BCUT2D eigenvalue weighted by Crippen LogP contribution is -2.46. The van der Waals surface area contributed by atoms with Gasteiger partial charge in [-0.15, -0.1) is 0 Å². The van der Waals surface area contributed by atoms with Crippen molar-refractivity contribution in [2.24, 2.45) is 0 Å². The highest BCUT2D eigenvalue weighted by atomic mass is 19.1. The number of piperazine rings is 3. The lowest BCUT2D eigenvalue weighted by atomic mass is 10.2. The predicted molar refractivity (Wildman–Crippen MR) is 431 cm³/mol. The SMILES string of the molecule is CCN1CCN(c2ccc(Nc3ncnc(Oc4cc(F)c5[nH]c(C)cc5c4F)c3C(=O)NC3CC3)nc2)CC1.Cc1cc2c(F)c(Oc3ncnc(Nc4ccc(N5CCN(C)CC5)cn4)c3C(=O)NC3CC3)cc(F)c2[nH]1.Cc1cc2c(F)c(Oc3ncnc(Nc4ccc(N5CCNCC5)cc4)c3C(=O)NC3CC3)cc(F)c2[nH]1. The molecule has 11 heterocycles. The van der Waals surface area contributed by atoms with Gasteiger partial charge in [-0.25, -0.2) is 66.2 Å². The van der Waals surface area contributed by atoms with Gasteiger partial charge in [0, 0.05) is 159 Å². The highest BCUT2D eigenvalue weighted by Gasteiger charge is 2.34. The minimum Gasteiger partial charge on any atom is -0.435 e. The van der Waals surface area contributed by atoms with Crippen LogP contribution in [-0.2, 0) is 0 Å². The van der Waals surface area contributed by atoms with Gasteiger partial charge in [-0.05, 0) is 140 Å². The number of hydrogen-bond donors (Lipinski definition) is 10. The van der Waals surface area contributed by atoms with Crippen molar-refractivity contribution in [2.75, 3.05) is 123 Å². The van der Waals surface area contributed by atoms with Crippen molar-refractivity contribution >= 4 is 102 Å². The average Bonchev–Trinajstić information content (AvgIpc) is 1.77. The van der Waals surface area contributed by atoms with Crippen LogP contribution in [0.15, 0.2) is 116 Å². The van der Waals surface area contributed by atoms with E-state index in [9.17, 15) is 27.6 Å². The van der Waals surface area contributed by atoms with E-state index in [1.165, 1.54) is 37.2 Å². The van der Waals surface area contributed by atoms with E-state index in [4.69, 9.17) is 14.2 Å². The van der Waals surface area contributed by atoms with Gasteiger partial charge in [0.15, 0.2) is 69.6 Å². The Hall–Kier alpha value is -12.9. The van der Waals surface area contributed by atoms with E-state index in [0.717, 1.165) is 159 Å². The molecule has 35 heteroatoms. The summed E-state index contributed by atoms with van der Waals surface area (Å²) in [7, 11) is 2.10. The topological polar surface area (TPSA) is 330 Å². The Morgan fingerprint density at radius 2 is 0.778 bits per heavy atom. The maximum Gasteiger partial charge on any atom is 0.260 e. The Balaban J connectivity index is 0.000000131. The second-order valence-electron chi connectivity index (χ2n) is 29.7. The summed E-state index contributed by atoms with van der Waals surface area (Å²) < 4.78 is 107. The molecule has 606 valence electrons. The molecule has 3 aliphatic carbocycles. The predicted octanol–water partition coefficient (Wildman–Crippen LogP) is 13.0. The Kier molecular flexibility index (Phi) is 22.6. The summed E-state index contributed by atoms with van der Waals surface area (Å²) >= 11 is 0. The Morgan fingerprint density at radius 3 is 1.13 bits per heavy atom. The summed E-state index contributed by atoms with van der Waals surface area (Å²) in [5.41, 5.74) is 5.71. The number of aryl methyl sites for hydroxylation is 3. The summed E-state index contributed by atoms with van der Waals surface area (Å²) in [6.07, 6.45) is 12.3. The zero-order valence-corrected chi connectivity index (χ0v) is 64.7. The summed E-state index contributed by atoms with van der Waals surface area (Å²) in [5.74, 6) is -6.10. The molecule has 0 spiro atoms. The summed E-state index contributed by atoms with van der Waals surface area (Å²) in [6, 6.07) is 22.8. The van der Waals surface area contributed by atoms with Gasteiger partial charge in [0.1, 0.15) is 47.3 Å². The smallest absolute Gasteiger partial charge is 0.260 e. The molecule has 4 aromatic carbocycles. The molecule has 18 rings (SSSR count). The average molecular weight is 1600 g/mol. The van der Waals surface area contributed by atoms with E-state index in [1.807, 2.05) is 42.5 Å². The van der Waals surface area contributed by atoms with E-state index in [2.05, 4.69) is 131 Å². The van der Waals surface area contributed by atoms with Gasteiger partial charge in [0.05, 0.1) is 40.3 Å². The van der Waals surface area contributed by atoms with Crippen LogP contribution in [0.1, 0.15) is 93.6 Å². The van der Waals surface area contributed by atoms with E-state index >= 15 is 13.2 Å². The molecule has 3 saturated heterocycles. The second-order valence-corrected chi connectivity index (χ2v) is 29.7. The normalized spacial score (nSPS) is 15.8. The molecule has 10 N–H and O–H groups in total. The van der Waals surface area contributed by atoms with E-state index < -0.39 is 58.4 Å². The molecule has 29 nitrogen and oxygen atoms in total. The molecular weight excluding hydrogens is 1520 g/mol. The standard InChI is InChI=1S/C28H30F2N8O2.C27H28F2N8O2.C27H27F2N7O2/c1-3-37-8-10-38(11-9-37)18-6-7-22(31-14-18)36-26-23(27(39)35-17-4-5-17)28(33-15-32-26)40-21-13-20(29)25-19(24(21)30)12-16(2)34-25;1-15-11-18-23(29)20(12-19(28)24(18)33-15)39-27-22(26(38)34-16-3-4-16)25(31-14-32-27)35-21-6-5-17(13-30-21)37-9-7-36(2)8-10-37;1-15-12-19-23(29)21(13-20(28)24(19)33-15)38-27-22(26(37)35-17-2-3-17)25(31-14-32-27)34-16-4-6-18(7-5-16)36-10-8-30-9-11-36/h6-7,12-15,17,34H,3-5,8-11H2,1-2H3,(H,35,39)(H,31,32,33,36);5-6,11-14,16,33H,3-4,7-10H2,1-2H3,(H,34,38)(H,30,31,32,35);4-7,12-14,17,30,33H,2-3,8-11H2,1H3,(H,35,37)(H,31,32,34). The molecule has 0 atom stereocenters. The molecule has 3 aliphatic heterocycles. The number of H-pyrrole nitrogens is 3. The molecule has 6 fully saturated rings. The van der Waals surface area contributed by atoms with Crippen LogP contribution in [-0.4, -0.2) is 193 Å². The van der Waals surface area contributed by atoms with Crippen molar-refractivity contribution in [3.63, 3.8) is 0 Å². The Bertz CT molecular complexity index is 5670. The number of rotatable bonds is 22. The quantitative estimate of drug-likeness (QED) is 0.0282. The number of halogens is 6. The van der Waals surface area contributed by atoms with Gasteiger partial charge >= 0.3 is 0 Å². The zero-order chi connectivity index (χ0) is 81.1. The number of pyridine rings is 2. The van der Waals surface area contributed by atoms with E-state index in [1.54, 1.807) is 39.2 Å². The molecule has 8 aromatic heterocycles. The van der Waals surface area contributed by atoms with Crippen molar-refractivity contribution in [3.8, 4) is 34.9 Å². The highest BCUT2D eigenvalue weighted by molar-refractivity contribution is 6.04. The van der Waals surface area contributed by atoms with Gasteiger partial charge in [-0.3, -0.25) is 14.4 Å². The van der Waals surface area contributed by atoms with Crippen LogP contribution in [0.3, 0.4) is 0 Å². The van der Waals surface area contributed by atoms with Crippen LogP contribution in [0, 0.1) is 55.7 Å². The van der Waals surface area contributed by atoms with Crippen molar-refractivity contribution in [1.82, 2.24) is 85.9 Å². The van der Waals surface area contributed by atoms with Gasteiger partial charge in [-0.1, -0.05) is 6.92 Å². The molecule has 3 saturated carbocycles. The van der Waals surface area contributed by atoms with Gasteiger partial charge in [0.2, 0.25) is 17.6 Å². The Morgan fingerprint density at radius 1 is 0.427 bits per heavy atom. The maximum absolute atomic E-state index is 15.3. The number of nitrogens with one attached hydrogen (secondary N) is 10. The van der Waals surface area contributed by atoms with E-state index in [-0.39, 0.29) is 114 Å². The zero-order valence-electron chi connectivity index (χ0n) is 64.7. The first-order chi connectivity index (χ1) is 56.7. The van der Waals surface area contributed by atoms with Crippen molar-refractivity contribution in [3.05, 3.63) is 185 Å². The number of aromatic amines is 3. The molecule has 3 amide bonds. The number of carbonyl (C=O) groups excluding carboxylic acids is 3. The number of aromatic nitrogens is 11. The molecule has 12 aromatic rings. The minimum atomic E-state index is -0.765. The third kappa shape index (κ3) is 18.0. The molecular formula is C82H85F6N23O6. The van der Waals surface area contributed by atoms with Crippen molar-refractivity contribution in [1.29, 1.82) is 0 Å². The third-order valence-electron chi connectivity index (χ3n) is 20.8. The van der Waals surface area contributed by atoms with Crippen LogP contribution in [0.2, 0.25) is 0 Å². The highest BCUT2D eigenvalue weighted by Crippen LogP contribution is 2.41. The number of likely N-dealkylation sites (N-methyl/N-ethyl adjacent to an activating group) is 2. The first kappa shape index (κ1) is 78.0. The second kappa shape index (κ2) is 33.9. The van der Waals surface area contributed by atoms with Crippen LogP contribution < -0.4 is 66.1 Å². The Labute approximate surface area is 667 Å². The van der Waals surface area contributed by atoms with Crippen LogP contribution in [0.25, 0.3) is 32.7 Å². The van der Waals surface area contributed by atoms with Crippen LogP contribution in [0.5, 0.6) is 34.9 Å². The summed E-state index contributed by atoms with van der Waals surface area (Å²) in [5, 5.41) is 21.5. The number of hydrogen-bond acceptors (Lipinski definition) is 23. The lowest BCUT2D eigenvalue weighted by Gasteiger charge is -2.35. The number of ether oxygens (including phenoxy) is 3. The van der Waals surface area contributed by atoms with Crippen molar-refractivity contribution in [2.45, 2.75) is 84.3 Å². The lowest BCUT2D eigenvalue weighted by molar-refractivity contribution is 0.0939. The number of carbonyl (C=O) groups is 3. The maximum atomic E-state index is 15.3. The summed E-state index contributed by atoms with van der Waals surface area (Å²) in [6.45, 7) is 19.7. The molecule has 0 radical (unpaired) electrons.